The highest BCUT2D eigenvalue weighted by Crippen LogP contribution is 2.14. The summed E-state index contributed by atoms with van der Waals surface area (Å²) in [6.07, 6.45) is 0. The van der Waals surface area contributed by atoms with E-state index in [1.165, 1.54) is 0 Å². The Hall–Kier alpha value is -2.34. The lowest BCUT2D eigenvalue weighted by atomic mass is 10.1. The SMILES string of the molecule is OCC#CCOCc1cc(COCC#CCO)cc(COCC#CCO)c1. The summed E-state index contributed by atoms with van der Waals surface area (Å²) >= 11 is 0. The molecule has 0 unspecified atom stereocenters. The molecule has 6 nitrogen and oxygen atoms in total. The smallest absolute Gasteiger partial charge is 0.108 e. The summed E-state index contributed by atoms with van der Waals surface area (Å²) < 4.78 is 16.4. The van der Waals surface area contributed by atoms with Crippen molar-refractivity contribution in [2.75, 3.05) is 39.6 Å². The van der Waals surface area contributed by atoms with Crippen molar-refractivity contribution >= 4 is 0 Å². The molecule has 0 aliphatic heterocycles. The molecule has 0 aliphatic rings. The standard InChI is InChI=1S/C21H24O6/c22-7-1-4-10-25-16-19-13-20(17-26-11-5-2-8-23)15-21(14-19)18-27-12-6-3-9-24/h13-15,22-24H,7-12,16-18H2. The highest BCUT2D eigenvalue weighted by Gasteiger charge is 2.03. The van der Waals surface area contributed by atoms with Crippen LogP contribution in [0.25, 0.3) is 0 Å². The summed E-state index contributed by atoms with van der Waals surface area (Å²) in [6, 6.07) is 5.90. The minimum Gasteiger partial charge on any atom is -0.384 e. The van der Waals surface area contributed by atoms with Crippen LogP contribution < -0.4 is 0 Å². The topological polar surface area (TPSA) is 88.4 Å². The number of aliphatic hydroxyl groups is 3. The molecule has 6 heteroatoms. The first-order valence-electron chi connectivity index (χ1n) is 8.34. The fraction of sp³-hybridized carbons (Fsp3) is 0.429. The van der Waals surface area contributed by atoms with Crippen molar-refractivity contribution in [3.05, 3.63) is 34.9 Å². The monoisotopic (exact) mass is 372 g/mol. The Balaban J connectivity index is 2.67. The van der Waals surface area contributed by atoms with Crippen LogP contribution in [0.2, 0.25) is 0 Å². The zero-order valence-corrected chi connectivity index (χ0v) is 15.2. The number of hydrogen-bond acceptors (Lipinski definition) is 6. The van der Waals surface area contributed by atoms with Gasteiger partial charge in [0.2, 0.25) is 0 Å². The van der Waals surface area contributed by atoms with Crippen LogP contribution in [0.4, 0.5) is 0 Å². The van der Waals surface area contributed by atoms with E-state index in [1.54, 1.807) is 0 Å². The van der Waals surface area contributed by atoms with Gasteiger partial charge in [-0.1, -0.05) is 53.7 Å². The molecule has 0 spiro atoms. The lowest BCUT2D eigenvalue weighted by Gasteiger charge is -2.10. The number of ether oxygens (including phenoxy) is 3. The average molecular weight is 372 g/mol. The number of hydrogen-bond donors (Lipinski definition) is 3. The molecule has 1 rings (SSSR count). The van der Waals surface area contributed by atoms with Crippen molar-refractivity contribution in [1.82, 2.24) is 0 Å². The van der Waals surface area contributed by atoms with Gasteiger partial charge in [-0.3, -0.25) is 0 Å². The molecule has 1 aromatic carbocycles. The Morgan fingerprint density at radius 2 is 0.815 bits per heavy atom. The van der Waals surface area contributed by atoms with Crippen molar-refractivity contribution in [3.8, 4) is 35.5 Å². The van der Waals surface area contributed by atoms with Crippen LogP contribution in [0, 0.1) is 35.5 Å². The lowest BCUT2D eigenvalue weighted by Crippen LogP contribution is -2.01. The van der Waals surface area contributed by atoms with Crippen molar-refractivity contribution < 1.29 is 29.5 Å². The fourth-order valence-corrected chi connectivity index (χ4v) is 2.07. The molecule has 0 saturated carbocycles. The second-order valence-electron chi connectivity index (χ2n) is 5.17. The van der Waals surface area contributed by atoms with E-state index in [0.717, 1.165) is 16.7 Å². The van der Waals surface area contributed by atoms with Crippen LogP contribution in [0.1, 0.15) is 16.7 Å². The summed E-state index contributed by atoms with van der Waals surface area (Å²) in [7, 11) is 0. The third-order valence-electron chi connectivity index (χ3n) is 3.05. The van der Waals surface area contributed by atoms with Crippen LogP contribution in [0.5, 0.6) is 0 Å². The summed E-state index contributed by atoms with van der Waals surface area (Å²) in [5.41, 5.74) is 2.84. The van der Waals surface area contributed by atoms with E-state index in [-0.39, 0.29) is 39.6 Å². The normalized spacial score (nSPS) is 9.44. The van der Waals surface area contributed by atoms with E-state index in [9.17, 15) is 0 Å². The van der Waals surface area contributed by atoms with Gasteiger partial charge in [0, 0.05) is 0 Å². The van der Waals surface area contributed by atoms with E-state index < -0.39 is 0 Å². The molecule has 144 valence electrons. The fourth-order valence-electron chi connectivity index (χ4n) is 2.07. The lowest BCUT2D eigenvalue weighted by molar-refractivity contribution is 0.144. The van der Waals surface area contributed by atoms with E-state index in [2.05, 4.69) is 35.5 Å². The van der Waals surface area contributed by atoms with Crippen molar-refractivity contribution in [1.29, 1.82) is 0 Å². The Labute approximate surface area is 160 Å². The number of rotatable bonds is 9. The maximum Gasteiger partial charge on any atom is 0.108 e. The first kappa shape index (κ1) is 22.7. The summed E-state index contributed by atoms with van der Waals surface area (Å²) in [5, 5.41) is 25.9. The zero-order chi connectivity index (χ0) is 19.6. The van der Waals surface area contributed by atoms with Gasteiger partial charge in [-0.25, -0.2) is 0 Å². The van der Waals surface area contributed by atoms with Crippen molar-refractivity contribution in [2.45, 2.75) is 19.8 Å². The largest absolute Gasteiger partial charge is 0.384 e. The number of aliphatic hydroxyl groups excluding tert-OH is 3. The third kappa shape index (κ3) is 11.8. The van der Waals surface area contributed by atoms with Gasteiger partial charge >= 0.3 is 0 Å². The second kappa shape index (κ2) is 15.9. The highest BCUT2D eigenvalue weighted by atomic mass is 16.5. The quantitative estimate of drug-likeness (QED) is 0.425. The van der Waals surface area contributed by atoms with Crippen LogP contribution in [-0.4, -0.2) is 55.0 Å². The summed E-state index contributed by atoms with van der Waals surface area (Å²) in [6.45, 7) is 1.27. The molecule has 0 amide bonds. The van der Waals surface area contributed by atoms with Gasteiger partial charge in [0.25, 0.3) is 0 Å². The van der Waals surface area contributed by atoms with Crippen LogP contribution in [-0.2, 0) is 34.0 Å². The minimum atomic E-state index is -0.185. The number of benzene rings is 1. The molecule has 0 saturated heterocycles. The molecular formula is C21H24O6. The van der Waals surface area contributed by atoms with E-state index in [4.69, 9.17) is 29.5 Å². The Bertz CT molecular complexity index is 612. The molecular weight excluding hydrogens is 348 g/mol. The van der Waals surface area contributed by atoms with Gasteiger partial charge in [-0.15, -0.1) is 0 Å². The average Bonchev–Trinajstić information content (AvgIpc) is 2.67. The molecule has 3 N–H and O–H groups in total. The Kier molecular flexibility index (Phi) is 13.4. The van der Waals surface area contributed by atoms with Crippen molar-refractivity contribution in [2.24, 2.45) is 0 Å². The summed E-state index contributed by atoms with van der Waals surface area (Å²) in [5.74, 6) is 15.7. The predicted molar refractivity (Wildman–Crippen MR) is 100.0 cm³/mol. The van der Waals surface area contributed by atoms with Gasteiger partial charge in [0.15, 0.2) is 0 Å². The Morgan fingerprint density at radius 3 is 1.07 bits per heavy atom. The first-order chi connectivity index (χ1) is 13.3. The second-order valence-corrected chi connectivity index (χ2v) is 5.17. The van der Waals surface area contributed by atoms with Crippen LogP contribution in [0.15, 0.2) is 18.2 Å². The maximum absolute atomic E-state index is 8.62. The highest BCUT2D eigenvalue weighted by molar-refractivity contribution is 5.29. The van der Waals surface area contributed by atoms with E-state index in [0.29, 0.717) is 19.8 Å². The van der Waals surface area contributed by atoms with E-state index >= 15 is 0 Å². The Morgan fingerprint density at radius 1 is 0.519 bits per heavy atom. The van der Waals surface area contributed by atoms with Gasteiger partial charge in [0.05, 0.1) is 19.8 Å². The molecule has 0 heterocycles. The first-order valence-corrected chi connectivity index (χ1v) is 8.34. The minimum absolute atomic E-state index is 0.185. The van der Waals surface area contributed by atoms with Gasteiger partial charge < -0.3 is 29.5 Å². The molecule has 0 aromatic heterocycles. The molecule has 0 bridgehead atoms. The maximum atomic E-state index is 8.62. The molecule has 0 aliphatic carbocycles. The van der Waals surface area contributed by atoms with Gasteiger partial charge in [-0.2, -0.15) is 0 Å². The zero-order valence-electron chi connectivity index (χ0n) is 15.2. The molecule has 27 heavy (non-hydrogen) atoms. The molecule has 1 aromatic rings. The van der Waals surface area contributed by atoms with Crippen LogP contribution >= 0.6 is 0 Å². The molecule has 0 fully saturated rings. The van der Waals surface area contributed by atoms with Crippen LogP contribution in [0.3, 0.4) is 0 Å². The van der Waals surface area contributed by atoms with E-state index in [1.807, 2.05) is 18.2 Å². The molecule has 0 radical (unpaired) electrons. The third-order valence-corrected chi connectivity index (χ3v) is 3.05. The molecule has 0 atom stereocenters. The van der Waals surface area contributed by atoms with Gasteiger partial charge in [0.1, 0.15) is 39.6 Å². The predicted octanol–water partition coefficient (Wildman–Crippen LogP) is 0.223. The summed E-state index contributed by atoms with van der Waals surface area (Å²) in [4.78, 5) is 0. The van der Waals surface area contributed by atoms with Gasteiger partial charge in [-0.05, 0) is 16.7 Å². The van der Waals surface area contributed by atoms with Crippen molar-refractivity contribution in [3.63, 3.8) is 0 Å².